The molecule has 0 bridgehead atoms. The average Bonchev–Trinajstić information content (AvgIpc) is 2.91. The highest BCUT2D eigenvalue weighted by atomic mass is 16.2. The molecule has 1 rings (SSSR count). The lowest BCUT2D eigenvalue weighted by Crippen LogP contribution is -2.42. The quantitative estimate of drug-likeness (QED) is 0.632. The fraction of sp³-hybridized carbons (Fsp3) is 0.714. The highest BCUT2D eigenvalue weighted by Crippen LogP contribution is 1.95. The number of hydrogen-bond acceptors (Lipinski definition) is 3. The third-order valence-electron chi connectivity index (χ3n) is 3.08. The molecule has 1 heterocycles. The highest BCUT2D eigenvalue weighted by molar-refractivity contribution is 5.81. The summed E-state index contributed by atoms with van der Waals surface area (Å²) in [6, 6.07) is -0.106. The van der Waals surface area contributed by atoms with Crippen molar-refractivity contribution in [1.82, 2.24) is 20.2 Å². The number of aromatic nitrogens is 2. The maximum absolute atomic E-state index is 11.7. The zero-order chi connectivity index (χ0) is 13.9. The van der Waals surface area contributed by atoms with Crippen LogP contribution in [0.1, 0.15) is 39.5 Å². The van der Waals surface area contributed by atoms with Gasteiger partial charge in [0.25, 0.3) is 0 Å². The smallest absolute Gasteiger partial charge is 0.236 e. The normalized spacial score (nSPS) is 12.3. The van der Waals surface area contributed by atoms with Crippen molar-refractivity contribution in [3.05, 3.63) is 18.7 Å². The number of hydrogen-bond donors (Lipinski definition) is 2. The number of carbonyl (C=O) groups excluding carboxylic acids is 1. The molecule has 0 aliphatic carbocycles. The topological polar surface area (TPSA) is 59.0 Å². The van der Waals surface area contributed by atoms with E-state index in [1.165, 1.54) is 0 Å². The number of amides is 1. The van der Waals surface area contributed by atoms with Crippen LogP contribution in [0.2, 0.25) is 0 Å². The van der Waals surface area contributed by atoms with Crippen LogP contribution in [0.25, 0.3) is 0 Å². The minimum atomic E-state index is -0.106. The van der Waals surface area contributed by atoms with E-state index in [1.54, 1.807) is 6.20 Å². The lowest BCUT2D eigenvalue weighted by molar-refractivity contribution is -0.122. The van der Waals surface area contributed by atoms with Gasteiger partial charge in [-0.05, 0) is 32.7 Å². The predicted molar refractivity (Wildman–Crippen MR) is 76.8 cm³/mol. The Hall–Kier alpha value is -1.36. The van der Waals surface area contributed by atoms with Crippen LogP contribution >= 0.6 is 0 Å². The van der Waals surface area contributed by atoms with Crippen LogP contribution in [0.4, 0.5) is 0 Å². The third kappa shape index (κ3) is 6.96. The van der Waals surface area contributed by atoms with Gasteiger partial charge in [-0.2, -0.15) is 0 Å². The summed E-state index contributed by atoms with van der Waals surface area (Å²) in [5.41, 5.74) is 0. The van der Waals surface area contributed by atoms with Gasteiger partial charge in [-0.1, -0.05) is 13.3 Å². The molecule has 0 spiro atoms. The Morgan fingerprint density at radius 1 is 1.32 bits per heavy atom. The maximum atomic E-state index is 11.7. The largest absolute Gasteiger partial charge is 0.355 e. The molecular formula is C14H26N4O. The Kier molecular flexibility index (Phi) is 7.89. The van der Waals surface area contributed by atoms with E-state index in [4.69, 9.17) is 0 Å². The first-order chi connectivity index (χ1) is 9.24. The molecule has 2 N–H and O–H groups in total. The number of imidazole rings is 1. The molecule has 1 atom stereocenters. The minimum absolute atomic E-state index is 0.100. The van der Waals surface area contributed by atoms with Crippen molar-refractivity contribution in [3.8, 4) is 0 Å². The molecule has 1 aromatic rings. The van der Waals surface area contributed by atoms with Crippen LogP contribution in [-0.4, -0.2) is 34.6 Å². The van der Waals surface area contributed by atoms with Gasteiger partial charge in [0.05, 0.1) is 12.4 Å². The number of unbranched alkanes of at least 4 members (excludes halogenated alkanes) is 2. The Balaban J connectivity index is 2.00. The van der Waals surface area contributed by atoms with Crippen molar-refractivity contribution in [2.45, 2.75) is 52.1 Å². The standard InChI is InChI=1S/C14H26N4O/c1-3-4-7-17-14(19)13(2)16-8-5-6-10-18-11-9-15-12-18/h9,11-13,16H,3-8,10H2,1-2H3,(H,17,19). The molecule has 0 radical (unpaired) electrons. The van der Waals surface area contributed by atoms with E-state index in [9.17, 15) is 4.79 Å². The summed E-state index contributed by atoms with van der Waals surface area (Å²) in [6.45, 7) is 6.67. The Morgan fingerprint density at radius 3 is 2.84 bits per heavy atom. The lowest BCUT2D eigenvalue weighted by Gasteiger charge is -2.13. The van der Waals surface area contributed by atoms with Gasteiger partial charge < -0.3 is 15.2 Å². The zero-order valence-electron chi connectivity index (χ0n) is 12.1. The van der Waals surface area contributed by atoms with Gasteiger partial charge in [-0.3, -0.25) is 4.79 Å². The van der Waals surface area contributed by atoms with Crippen LogP contribution in [0.15, 0.2) is 18.7 Å². The summed E-state index contributed by atoms with van der Waals surface area (Å²) in [4.78, 5) is 15.7. The zero-order valence-corrected chi connectivity index (χ0v) is 12.1. The molecular weight excluding hydrogens is 240 g/mol. The van der Waals surface area contributed by atoms with E-state index in [-0.39, 0.29) is 11.9 Å². The highest BCUT2D eigenvalue weighted by Gasteiger charge is 2.10. The molecule has 0 aliphatic heterocycles. The van der Waals surface area contributed by atoms with Gasteiger partial charge in [0, 0.05) is 25.5 Å². The van der Waals surface area contributed by atoms with Crippen LogP contribution < -0.4 is 10.6 Å². The van der Waals surface area contributed by atoms with Crippen LogP contribution in [-0.2, 0) is 11.3 Å². The van der Waals surface area contributed by atoms with E-state index in [0.717, 1.165) is 45.3 Å². The summed E-state index contributed by atoms with van der Waals surface area (Å²) >= 11 is 0. The summed E-state index contributed by atoms with van der Waals surface area (Å²) in [5.74, 6) is 0.100. The van der Waals surface area contributed by atoms with Crippen molar-refractivity contribution in [1.29, 1.82) is 0 Å². The fourth-order valence-electron chi connectivity index (χ4n) is 1.79. The molecule has 5 heteroatoms. The molecule has 0 aromatic carbocycles. The summed E-state index contributed by atoms with van der Waals surface area (Å²) in [6.07, 6.45) is 9.90. The third-order valence-corrected chi connectivity index (χ3v) is 3.08. The summed E-state index contributed by atoms with van der Waals surface area (Å²) in [7, 11) is 0. The molecule has 0 aliphatic rings. The molecule has 1 amide bonds. The van der Waals surface area contributed by atoms with Gasteiger partial charge >= 0.3 is 0 Å². The molecule has 0 saturated carbocycles. The number of carbonyl (C=O) groups is 1. The first-order valence-corrected chi connectivity index (χ1v) is 7.21. The first kappa shape index (κ1) is 15.7. The molecule has 0 fully saturated rings. The number of nitrogens with one attached hydrogen (secondary N) is 2. The Labute approximate surface area is 115 Å². The van der Waals surface area contributed by atoms with E-state index in [1.807, 2.05) is 19.4 Å². The van der Waals surface area contributed by atoms with Gasteiger partial charge in [0.1, 0.15) is 0 Å². The molecule has 108 valence electrons. The van der Waals surface area contributed by atoms with Crippen LogP contribution in [0.5, 0.6) is 0 Å². The van der Waals surface area contributed by atoms with Crippen molar-refractivity contribution in [3.63, 3.8) is 0 Å². The van der Waals surface area contributed by atoms with Crippen LogP contribution in [0, 0.1) is 0 Å². The lowest BCUT2D eigenvalue weighted by atomic mass is 10.2. The van der Waals surface area contributed by atoms with Gasteiger partial charge in [-0.25, -0.2) is 4.98 Å². The van der Waals surface area contributed by atoms with Crippen molar-refractivity contribution in [2.24, 2.45) is 0 Å². The number of nitrogens with zero attached hydrogens (tertiary/aromatic N) is 2. The first-order valence-electron chi connectivity index (χ1n) is 7.21. The van der Waals surface area contributed by atoms with E-state index in [2.05, 4.69) is 27.1 Å². The monoisotopic (exact) mass is 266 g/mol. The van der Waals surface area contributed by atoms with Crippen LogP contribution in [0.3, 0.4) is 0 Å². The molecule has 0 saturated heterocycles. The Bertz CT molecular complexity index is 337. The van der Waals surface area contributed by atoms with Gasteiger partial charge in [0.2, 0.25) is 5.91 Å². The second-order valence-electron chi connectivity index (χ2n) is 4.83. The van der Waals surface area contributed by atoms with E-state index >= 15 is 0 Å². The van der Waals surface area contributed by atoms with Crippen molar-refractivity contribution < 1.29 is 4.79 Å². The molecule has 5 nitrogen and oxygen atoms in total. The second-order valence-corrected chi connectivity index (χ2v) is 4.83. The maximum Gasteiger partial charge on any atom is 0.236 e. The molecule has 19 heavy (non-hydrogen) atoms. The van der Waals surface area contributed by atoms with E-state index < -0.39 is 0 Å². The molecule has 1 unspecified atom stereocenters. The van der Waals surface area contributed by atoms with E-state index in [0.29, 0.717) is 0 Å². The van der Waals surface area contributed by atoms with Gasteiger partial charge in [-0.15, -0.1) is 0 Å². The van der Waals surface area contributed by atoms with Crippen molar-refractivity contribution >= 4 is 5.91 Å². The SMILES string of the molecule is CCCCNC(=O)C(C)NCCCCn1ccnc1. The fourth-order valence-corrected chi connectivity index (χ4v) is 1.79. The predicted octanol–water partition coefficient (Wildman–Crippen LogP) is 1.56. The van der Waals surface area contributed by atoms with Crippen molar-refractivity contribution in [2.75, 3.05) is 13.1 Å². The average molecular weight is 266 g/mol. The summed E-state index contributed by atoms with van der Waals surface area (Å²) < 4.78 is 2.07. The van der Waals surface area contributed by atoms with Gasteiger partial charge in [0.15, 0.2) is 0 Å². The minimum Gasteiger partial charge on any atom is -0.355 e. The number of aryl methyl sites for hydroxylation is 1. The molecule has 1 aromatic heterocycles. The summed E-state index contributed by atoms with van der Waals surface area (Å²) in [5, 5.41) is 6.19. The second kappa shape index (κ2) is 9.55. The number of rotatable bonds is 10. The Morgan fingerprint density at radius 2 is 2.16 bits per heavy atom.